The van der Waals surface area contributed by atoms with Crippen molar-refractivity contribution in [3.05, 3.63) is 35.4 Å². The molecule has 5 nitrogen and oxygen atoms in total. The summed E-state index contributed by atoms with van der Waals surface area (Å²) in [6.45, 7) is 1.92. The van der Waals surface area contributed by atoms with Gasteiger partial charge in [0, 0.05) is 6.54 Å². The van der Waals surface area contributed by atoms with Gasteiger partial charge in [-0.1, -0.05) is 6.07 Å². The van der Waals surface area contributed by atoms with Crippen molar-refractivity contribution in [1.82, 2.24) is 10.6 Å². The highest BCUT2D eigenvalue weighted by Gasteiger charge is 2.28. The summed E-state index contributed by atoms with van der Waals surface area (Å²) >= 11 is 0. The molecule has 1 aliphatic heterocycles. The SMILES string of the molecule is C[C@@H](NC(=O)NC[C@H]1CCS(=O)(=O)C1)c1ccc(F)c(F)c1. The maximum atomic E-state index is 13.1. The average Bonchev–Trinajstić information content (AvgIpc) is 2.79. The van der Waals surface area contributed by atoms with Crippen molar-refractivity contribution >= 4 is 15.9 Å². The van der Waals surface area contributed by atoms with Crippen LogP contribution in [-0.4, -0.2) is 32.5 Å². The van der Waals surface area contributed by atoms with Gasteiger partial charge in [-0.3, -0.25) is 0 Å². The molecule has 1 aromatic rings. The highest BCUT2D eigenvalue weighted by Crippen LogP contribution is 2.18. The van der Waals surface area contributed by atoms with Gasteiger partial charge in [0.25, 0.3) is 0 Å². The number of hydrogen-bond donors (Lipinski definition) is 2. The minimum Gasteiger partial charge on any atom is -0.338 e. The molecule has 1 aliphatic rings. The Labute approximate surface area is 128 Å². The van der Waals surface area contributed by atoms with Crippen molar-refractivity contribution in [2.24, 2.45) is 5.92 Å². The molecule has 0 aromatic heterocycles. The first kappa shape index (κ1) is 16.7. The minimum atomic E-state index is -2.97. The molecule has 122 valence electrons. The third kappa shape index (κ3) is 4.40. The van der Waals surface area contributed by atoms with Crippen LogP contribution in [0.2, 0.25) is 0 Å². The van der Waals surface area contributed by atoms with Gasteiger partial charge in [0.15, 0.2) is 21.5 Å². The van der Waals surface area contributed by atoms with E-state index in [1.165, 1.54) is 6.07 Å². The molecule has 2 rings (SSSR count). The van der Waals surface area contributed by atoms with E-state index in [0.29, 0.717) is 12.0 Å². The summed E-state index contributed by atoms with van der Waals surface area (Å²) in [5.74, 6) is -1.74. The van der Waals surface area contributed by atoms with Crippen LogP contribution in [0.5, 0.6) is 0 Å². The Morgan fingerprint density at radius 2 is 2.09 bits per heavy atom. The molecule has 0 unspecified atom stereocenters. The van der Waals surface area contributed by atoms with Crippen molar-refractivity contribution < 1.29 is 22.0 Å². The first-order chi connectivity index (χ1) is 10.3. The van der Waals surface area contributed by atoms with Gasteiger partial charge < -0.3 is 10.6 Å². The number of rotatable bonds is 4. The van der Waals surface area contributed by atoms with Crippen LogP contribution in [-0.2, 0) is 9.84 Å². The zero-order chi connectivity index (χ0) is 16.3. The van der Waals surface area contributed by atoms with Gasteiger partial charge in [0.2, 0.25) is 0 Å². The quantitative estimate of drug-likeness (QED) is 0.882. The lowest BCUT2D eigenvalue weighted by atomic mass is 10.1. The summed E-state index contributed by atoms with van der Waals surface area (Å²) in [4.78, 5) is 11.8. The van der Waals surface area contributed by atoms with Crippen LogP contribution in [0.25, 0.3) is 0 Å². The van der Waals surface area contributed by atoms with Crippen molar-refractivity contribution in [3.63, 3.8) is 0 Å². The van der Waals surface area contributed by atoms with E-state index in [2.05, 4.69) is 10.6 Å². The van der Waals surface area contributed by atoms with Gasteiger partial charge in [0.1, 0.15) is 0 Å². The molecule has 2 atom stereocenters. The Morgan fingerprint density at radius 1 is 1.36 bits per heavy atom. The molecule has 0 spiro atoms. The number of halogens is 2. The van der Waals surface area contributed by atoms with E-state index in [1.807, 2.05) is 0 Å². The molecule has 22 heavy (non-hydrogen) atoms. The maximum Gasteiger partial charge on any atom is 0.315 e. The first-order valence-corrected chi connectivity index (χ1v) is 8.79. The molecule has 0 radical (unpaired) electrons. The second-order valence-electron chi connectivity index (χ2n) is 5.52. The van der Waals surface area contributed by atoms with Gasteiger partial charge in [-0.15, -0.1) is 0 Å². The Kier molecular flexibility index (Phi) is 5.00. The standard InChI is InChI=1S/C14H18F2N2O3S/c1-9(11-2-3-12(15)13(16)6-11)18-14(19)17-7-10-4-5-22(20,21)8-10/h2-3,6,9-10H,4-5,7-8H2,1H3,(H2,17,18,19)/t9-,10-/m1/s1. The summed E-state index contributed by atoms with van der Waals surface area (Å²) in [5.41, 5.74) is 0.442. The Hall–Kier alpha value is -1.70. The van der Waals surface area contributed by atoms with Crippen LogP contribution in [0.3, 0.4) is 0 Å². The first-order valence-electron chi connectivity index (χ1n) is 6.96. The largest absolute Gasteiger partial charge is 0.338 e. The second kappa shape index (κ2) is 6.60. The van der Waals surface area contributed by atoms with Crippen molar-refractivity contribution in [1.29, 1.82) is 0 Å². The molecule has 2 N–H and O–H groups in total. The van der Waals surface area contributed by atoms with Crippen LogP contribution in [0.1, 0.15) is 24.9 Å². The van der Waals surface area contributed by atoms with Gasteiger partial charge in [-0.25, -0.2) is 22.0 Å². The van der Waals surface area contributed by atoms with Crippen molar-refractivity contribution in [2.75, 3.05) is 18.1 Å². The molecule has 1 fully saturated rings. The monoisotopic (exact) mass is 332 g/mol. The van der Waals surface area contributed by atoms with E-state index in [0.717, 1.165) is 12.1 Å². The Balaban J connectivity index is 1.82. The number of urea groups is 1. The van der Waals surface area contributed by atoms with Gasteiger partial charge >= 0.3 is 6.03 Å². The number of carbonyl (C=O) groups is 1. The molecule has 2 amide bonds. The number of benzene rings is 1. The van der Waals surface area contributed by atoms with E-state index in [4.69, 9.17) is 0 Å². The maximum absolute atomic E-state index is 13.1. The number of amides is 2. The van der Waals surface area contributed by atoms with E-state index >= 15 is 0 Å². The lowest BCUT2D eigenvalue weighted by Crippen LogP contribution is -2.39. The third-order valence-corrected chi connectivity index (χ3v) is 5.51. The summed E-state index contributed by atoms with van der Waals surface area (Å²) in [6, 6.07) is 2.46. The normalized spacial score (nSPS) is 21.3. The highest BCUT2D eigenvalue weighted by atomic mass is 32.2. The fourth-order valence-electron chi connectivity index (χ4n) is 2.38. The predicted octanol–water partition coefficient (Wildman–Crippen LogP) is 1.76. The molecule has 1 aromatic carbocycles. The predicted molar refractivity (Wildman–Crippen MR) is 78.1 cm³/mol. The van der Waals surface area contributed by atoms with Crippen LogP contribution in [0, 0.1) is 17.6 Å². The van der Waals surface area contributed by atoms with Crippen LogP contribution in [0.15, 0.2) is 18.2 Å². The van der Waals surface area contributed by atoms with Crippen LogP contribution < -0.4 is 10.6 Å². The molecule has 8 heteroatoms. The highest BCUT2D eigenvalue weighted by molar-refractivity contribution is 7.91. The number of nitrogens with one attached hydrogen (secondary N) is 2. The zero-order valence-corrected chi connectivity index (χ0v) is 12.9. The van der Waals surface area contributed by atoms with Crippen molar-refractivity contribution in [3.8, 4) is 0 Å². The topological polar surface area (TPSA) is 75.3 Å². The molecule has 0 aliphatic carbocycles. The molecule has 1 heterocycles. The van der Waals surface area contributed by atoms with Crippen LogP contribution in [0.4, 0.5) is 13.6 Å². The Morgan fingerprint density at radius 3 is 2.68 bits per heavy atom. The smallest absolute Gasteiger partial charge is 0.315 e. The lowest BCUT2D eigenvalue weighted by molar-refractivity contribution is 0.236. The van der Waals surface area contributed by atoms with E-state index in [9.17, 15) is 22.0 Å². The summed E-state index contributed by atoms with van der Waals surface area (Å²) in [6.07, 6.45) is 0.543. The van der Waals surface area contributed by atoms with E-state index < -0.39 is 33.5 Å². The molecule has 1 saturated heterocycles. The van der Waals surface area contributed by atoms with Gasteiger partial charge in [-0.2, -0.15) is 0 Å². The van der Waals surface area contributed by atoms with Crippen molar-refractivity contribution in [2.45, 2.75) is 19.4 Å². The Bertz CT molecular complexity index is 664. The summed E-state index contributed by atoms with van der Waals surface area (Å²) in [7, 11) is -2.97. The van der Waals surface area contributed by atoms with Crippen LogP contribution >= 0.6 is 0 Å². The molecule has 0 saturated carbocycles. The van der Waals surface area contributed by atoms with Gasteiger partial charge in [0.05, 0.1) is 17.5 Å². The lowest BCUT2D eigenvalue weighted by Gasteiger charge is -2.16. The minimum absolute atomic E-state index is 0.0747. The fraction of sp³-hybridized carbons (Fsp3) is 0.500. The molecular formula is C14H18F2N2O3S. The molecule has 0 bridgehead atoms. The number of hydrogen-bond acceptors (Lipinski definition) is 3. The van der Waals surface area contributed by atoms with E-state index in [1.54, 1.807) is 6.92 Å². The number of sulfone groups is 1. The summed E-state index contributed by atoms with van der Waals surface area (Å²) in [5, 5.41) is 5.21. The van der Waals surface area contributed by atoms with Gasteiger partial charge in [-0.05, 0) is 37.0 Å². The zero-order valence-electron chi connectivity index (χ0n) is 12.1. The average molecular weight is 332 g/mol. The second-order valence-corrected chi connectivity index (χ2v) is 7.75. The summed E-state index contributed by atoms with van der Waals surface area (Å²) < 4.78 is 48.6. The molecular weight excluding hydrogens is 314 g/mol. The third-order valence-electron chi connectivity index (χ3n) is 3.67. The number of carbonyl (C=O) groups excluding carboxylic acids is 1. The van der Waals surface area contributed by atoms with E-state index in [-0.39, 0.29) is 24.0 Å². The fourth-order valence-corrected chi connectivity index (χ4v) is 4.24.